The van der Waals surface area contributed by atoms with Gasteiger partial charge >= 0.3 is 6.18 Å². The van der Waals surface area contributed by atoms with Crippen molar-refractivity contribution in [3.63, 3.8) is 0 Å². The zero-order chi connectivity index (χ0) is 19.1. The minimum Gasteiger partial charge on any atom is -0.338 e. The number of hydrogen-bond acceptors (Lipinski definition) is 4. The molecule has 140 valence electrons. The lowest BCUT2D eigenvalue weighted by Gasteiger charge is -2.42. The van der Waals surface area contributed by atoms with E-state index in [0.717, 1.165) is 17.8 Å². The number of imide groups is 1. The SMILES string of the molecule is O=C(CCc1ccc(Cl)c(C(F)(F)F)c1)N1CC(N2C(=O)CSC2=O)C1. The molecule has 26 heavy (non-hydrogen) atoms. The lowest BCUT2D eigenvalue weighted by molar-refractivity contribution is -0.142. The molecule has 0 radical (unpaired) electrons. The summed E-state index contributed by atoms with van der Waals surface area (Å²) in [6, 6.07) is 3.28. The van der Waals surface area contributed by atoms with E-state index in [-0.39, 0.29) is 59.8 Å². The fraction of sp³-hybridized carbons (Fsp3) is 0.438. The predicted molar refractivity (Wildman–Crippen MR) is 89.8 cm³/mol. The van der Waals surface area contributed by atoms with Gasteiger partial charge in [-0.2, -0.15) is 13.2 Å². The molecule has 3 rings (SSSR count). The van der Waals surface area contributed by atoms with Crippen molar-refractivity contribution in [3.05, 3.63) is 34.3 Å². The minimum atomic E-state index is -4.55. The number of alkyl halides is 3. The highest BCUT2D eigenvalue weighted by Gasteiger charge is 2.43. The number of halogens is 4. The fourth-order valence-electron chi connectivity index (χ4n) is 2.89. The number of carbonyl (C=O) groups is 3. The monoisotopic (exact) mass is 406 g/mol. The van der Waals surface area contributed by atoms with E-state index in [1.807, 2.05) is 0 Å². The number of nitrogens with zero attached hydrogens (tertiary/aromatic N) is 2. The minimum absolute atomic E-state index is 0.0439. The molecule has 0 bridgehead atoms. The summed E-state index contributed by atoms with van der Waals surface area (Å²) in [6.45, 7) is 0.538. The summed E-state index contributed by atoms with van der Waals surface area (Å²) in [7, 11) is 0. The molecule has 2 heterocycles. The van der Waals surface area contributed by atoms with Crippen LogP contribution in [0.3, 0.4) is 0 Å². The number of carbonyl (C=O) groups excluding carboxylic acids is 3. The molecule has 2 aliphatic rings. The average molecular weight is 407 g/mol. The molecule has 3 amide bonds. The quantitative estimate of drug-likeness (QED) is 0.770. The van der Waals surface area contributed by atoms with Gasteiger partial charge in [0.15, 0.2) is 0 Å². The van der Waals surface area contributed by atoms with Crippen LogP contribution in [0.15, 0.2) is 18.2 Å². The van der Waals surface area contributed by atoms with Crippen LogP contribution >= 0.6 is 23.4 Å². The standard InChI is InChI=1S/C16H14ClF3N2O3S/c17-12-3-1-9(5-11(12)16(18,19)20)2-4-13(23)21-6-10(7-21)22-14(24)8-26-15(22)25/h1,3,5,10H,2,4,6-8H2. The second-order valence-corrected chi connectivity index (χ2v) is 7.42. The van der Waals surface area contributed by atoms with Crippen LogP contribution in [-0.2, 0) is 22.2 Å². The summed E-state index contributed by atoms with van der Waals surface area (Å²) < 4.78 is 38.6. The lowest BCUT2D eigenvalue weighted by Crippen LogP contribution is -2.62. The Labute approximate surface area is 156 Å². The Morgan fingerprint density at radius 2 is 1.96 bits per heavy atom. The number of amides is 3. The number of benzene rings is 1. The third-order valence-corrected chi connectivity index (χ3v) is 5.49. The van der Waals surface area contributed by atoms with Crippen LogP contribution in [-0.4, -0.2) is 51.7 Å². The molecule has 1 aromatic carbocycles. The molecule has 2 saturated heterocycles. The molecule has 10 heteroatoms. The Morgan fingerprint density at radius 3 is 2.54 bits per heavy atom. The van der Waals surface area contributed by atoms with Crippen LogP contribution in [0.25, 0.3) is 0 Å². The van der Waals surface area contributed by atoms with Crippen LogP contribution in [0.4, 0.5) is 18.0 Å². The fourth-order valence-corrected chi connectivity index (χ4v) is 3.89. The molecular weight excluding hydrogens is 393 g/mol. The Bertz CT molecular complexity index is 750. The maximum atomic E-state index is 12.9. The van der Waals surface area contributed by atoms with Gasteiger partial charge in [0, 0.05) is 19.5 Å². The highest BCUT2D eigenvalue weighted by atomic mass is 35.5. The van der Waals surface area contributed by atoms with Crippen molar-refractivity contribution in [2.24, 2.45) is 0 Å². The Balaban J connectivity index is 1.53. The molecular formula is C16H14ClF3N2O3S. The van der Waals surface area contributed by atoms with E-state index in [1.165, 1.54) is 21.9 Å². The van der Waals surface area contributed by atoms with Gasteiger partial charge in [-0.05, 0) is 24.1 Å². The molecule has 0 aromatic heterocycles. The van der Waals surface area contributed by atoms with Gasteiger partial charge in [0.25, 0.3) is 5.24 Å². The summed E-state index contributed by atoms with van der Waals surface area (Å²) in [5.74, 6) is -0.351. The smallest absolute Gasteiger partial charge is 0.338 e. The maximum absolute atomic E-state index is 12.9. The van der Waals surface area contributed by atoms with E-state index in [1.54, 1.807) is 0 Å². The van der Waals surface area contributed by atoms with E-state index in [0.29, 0.717) is 5.56 Å². The average Bonchev–Trinajstić information content (AvgIpc) is 2.84. The normalized spacial score (nSPS) is 18.5. The Morgan fingerprint density at radius 1 is 1.27 bits per heavy atom. The first-order valence-electron chi connectivity index (χ1n) is 7.79. The number of hydrogen-bond donors (Lipinski definition) is 0. The van der Waals surface area contributed by atoms with Crippen molar-refractivity contribution in [1.29, 1.82) is 0 Å². The second-order valence-electron chi connectivity index (χ2n) is 6.08. The number of rotatable bonds is 4. The van der Waals surface area contributed by atoms with Crippen LogP contribution in [0.2, 0.25) is 5.02 Å². The van der Waals surface area contributed by atoms with Crippen LogP contribution in [0.5, 0.6) is 0 Å². The predicted octanol–water partition coefficient (Wildman–Crippen LogP) is 3.20. The zero-order valence-corrected chi connectivity index (χ0v) is 15.0. The van der Waals surface area contributed by atoms with Crippen molar-refractivity contribution < 1.29 is 27.6 Å². The number of likely N-dealkylation sites (tertiary alicyclic amines) is 1. The zero-order valence-electron chi connectivity index (χ0n) is 13.4. The highest BCUT2D eigenvalue weighted by molar-refractivity contribution is 8.14. The van der Waals surface area contributed by atoms with Gasteiger partial charge in [0.2, 0.25) is 11.8 Å². The van der Waals surface area contributed by atoms with Gasteiger partial charge in [-0.15, -0.1) is 0 Å². The Hall–Kier alpha value is -1.74. The molecule has 0 spiro atoms. The summed E-state index contributed by atoms with van der Waals surface area (Å²) in [4.78, 5) is 38.1. The summed E-state index contributed by atoms with van der Waals surface area (Å²) in [5, 5.41) is -0.677. The largest absolute Gasteiger partial charge is 0.417 e. The van der Waals surface area contributed by atoms with E-state index < -0.39 is 11.7 Å². The Kier molecular flexibility index (Phi) is 5.21. The molecule has 5 nitrogen and oxygen atoms in total. The van der Waals surface area contributed by atoms with E-state index in [9.17, 15) is 27.6 Å². The topological polar surface area (TPSA) is 57.7 Å². The lowest BCUT2D eigenvalue weighted by atomic mass is 10.0. The summed E-state index contributed by atoms with van der Waals surface area (Å²) >= 11 is 6.51. The van der Waals surface area contributed by atoms with Crippen LogP contribution in [0.1, 0.15) is 17.5 Å². The van der Waals surface area contributed by atoms with Gasteiger partial charge in [-0.1, -0.05) is 29.4 Å². The molecule has 0 N–H and O–H groups in total. The summed E-state index contributed by atoms with van der Waals surface area (Å²) in [5.41, 5.74) is -0.551. The molecule has 0 atom stereocenters. The number of thioether (sulfide) groups is 1. The van der Waals surface area contributed by atoms with Gasteiger partial charge < -0.3 is 4.90 Å². The first-order valence-corrected chi connectivity index (χ1v) is 9.15. The van der Waals surface area contributed by atoms with Crippen LogP contribution in [0, 0.1) is 0 Å². The van der Waals surface area contributed by atoms with Crippen molar-refractivity contribution in [3.8, 4) is 0 Å². The van der Waals surface area contributed by atoms with Crippen molar-refractivity contribution >= 4 is 40.4 Å². The summed E-state index contributed by atoms with van der Waals surface area (Å²) in [6.07, 6.45) is -4.35. The highest BCUT2D eigenvalue weighted by Crippen LogP contribution is 2.35. The van der Waals surface area contributed by atoms with Gasteiger partial charge in [-0.3, -0.25) is 19.3 Å². The molecule has 0 saturated carbocycles. The number of aryl methyl sites for hydroxylation is 1. The molecule has 2 fully saturated rings. The maximum Gasteiger partial charge on any atom is 0.417 e. The molecule has 0 unspecified atom stereocenters. The van der Waals surface area contributed by atoms with E-state index >= 15 is 0 Å². The molecule has 0 aliphatic carbocycles. The van der Waals surface area contributed by atoms with Crippen molar-refractivity contribution in [2.45, 2.75) is 25.1 Å². The van der Waals surface area contributed by atoms with Crippen molar-refractivity contribution in [1.82, 2.24) is 9.80 Å². The second kappa shape index (κ2) is 7.11. The van der Waals surface area contributed by atoms with E-state index in [4.69, 9.17) is 11.6 Å². The van der Waals surface area contributed by atoms with Gasteiger partial charge in [0.05, 0.1) is 22.4 Å². The van der Waals surface area contributed by atoms with Crippen LogP contribution < -0.4 is 0 Å². The van der Waals surface area contributed by atoms with Gasteiger partial charge in [-0.25, -0.2) is 0 Å². The third-order valence-electron chi connectivity index (χ3n) is 4.33. The molecule has 2 aliphatic heterocycles. The molecule has 1 aromatic rings. The van der Waals surface area contributed by atoms with Gasteiger partial charge in [0.1, 0.15) is 0 Å². The third kappa shape index (κ3) is 3.83. The first kappa shape index (κ1) is 19.0. The first-order chi connectivity index (χ1) is 12.2. The van der Waals surface area contributed by atoms with Crippen molar-refractivity contribution in [2.75, 3.05) is 18.8 Å². The van der Waals surface area contributed by atoms with E-state index in [2.05, 4.69) is 0 Å².